The Balaban J connectivity index is 1.99. The molecule has 0 aliphatic heterocycles. The third kappa shape index (κ3) is 3.63. The number of hydrogen-bond donors (Lipinski definition) is 2. The van der Waals surface area contributed by atoms with E-state index in [0.717, 1.165) is 36.7 Å². The molecule has 1 aliphatic rings. The minimum absolute atomic E-state index is 0.423. The normalized spacial score (nSPS) is 23.2. The van der Waals surface area contributed by atoms with Crippen molar-refractivity contribution in [3.63, 3.8) is 0 Å². The quantitative estimate of drug-likeness (QED) is 0.875. The third-order valence-electron chi connectivity index (χ3n) is 4.12. The van der Waals surface area contributed by atoms with Gasteiger partial charge in [0.2, 0.25) is 0 Å². The molecule has 0 bridgehead atoms. The zero-order chi connectivity index (χ0) is 13.8. The first-order valence-electron chi connectivity index (χ1n) is 7.25. The second-order valence-corrected chi connectivity index (χ2v) is 5.82. The van der Waals surface area contributed by atoms with Gasteiger partial charge in [-0.2, -0.15) is 0 Å². The molecule has 0 amide bonds. The minimum Gasteiger partial charge on any atom is -0.495 e. The number of nitrogens with one attached hydrogen (secondary N) is 1. The molecule has 1 aliphatic carbocycles. The van der Waals surface area contributed by atoms with Gasteiger partial charge in [-0.3, -0.25) is 0 Å². The molecule has 0 atom stereocenters. The molecule has 2 rings (SSSR count). The molecule has 3 N–H and O–H groups in total. The molecule has 0 radical (unpaired) electrons. The summed E-state index contributed by atoms with van der Waals surface area (Å²) in [6.45, 7) is 5.25. The molecule has 106 valence electrons. The smallest absolute Gasteiger partial charge is 0.142 e. The van der Waals surface area contributed by atoms with Crippen LogP contribution in [0.1, 0.15) is 36.8 Å². The van der Waals surface area contributed by atoms with E-state index in [9.17, 15) is 0 Å². The Morgan fingerprint density at radius 3 is 2.53 bits per heavy atom. The second kappa shape index (κ2) is 6.29. The zero-order valence-corrected chi connectivity index (χ0v) is 12.3. The molecule has 0 unspecified atom stereocenters. The van der Waals surface area contributed by atoms with Gasteiger partial charge in [0.05, 0.1) is 12.8 Å². The summed E-state index contributed by atoms with van der Waals surface area (Å²) in [5, 5.41) is 3.58. The Bertz CT molecular complexity index is 423. The first-order valence-corrected chi connectivity index (χ1v) is 7.25. The fourth-order valence-electron chi connectivity index (χ4n) is 2.95. The summed E-state index contributed by atoms with van der Waals surface area (Å²) in [6.07, 6.45) is 4.80. The van der Waals surface area contributed by atoms with E-state index in [1.165, 1.54) is 24.0 Å². The van der Waals surface area contributed by atoms with E-state index in [1.54, 1.807) is 7.11 Å². The molecule has 1 aromatic rings. The van der Waals surface area contributed by atoms with Crippen LogP contribution in [0.15, 0.2) is 12.1 Å². The lowest BCUT2D eigenvalue weighted by atomic mass is 9.86. The Labute approximate surface area is 116 Å². The number of methoxy groups -OCH3 is 1. The van der Waals surface area contributed by atoms with Crippen molar-refractivity contribution in [3.05, 3.63) is 23.3 Å². The Morgan fingerprint density at radius 2 is 1.89 bits per heavy atom. The maximum atomic E-state index is 5.95. The van der Waals surface area contributed by atoms with E-state index in [0.29, 0.717) is 6.04 Å². The lowest BCUT2D eigenvalue weighted by Gasteiger charge is -2.27. The first-order chi connectivity index (χ1) is 9.10. The van der Waals surface area contributed by atoms with Crippen LogP contribution >= 0.6 is 0 Å². The summed E-state index contributed by atoms with van der Waals surface area (Å²) >= 11 is 0. The van der Waals surface area contributed by atoms with Gasteiger partial charge in [0.15, 0.2) is 0 Å². The Morgan fingerprint density at radius 1 is 1.21 bits per heavy atom. The van der Waals surface area contributed by atoms with E-state index < -0.39 is 0 Å². The van der Waals surface area contributed by atoms with Crippen LogP contribution in [-0.2, 0) is 0 Å². The summed E-state index contributed by atoms with van der Waals surface area (Å²) in [5.74, 6) is 1.69. The van der Waals surface area contributed by atoms with Crippen molar-refractivity contribution in [2.24, 2.45) is 11.7 Å². The summed E-state index contributed by atoms with van der Waals surface area (Å²) in [4.78, 5) is 0. The van der Waals surface area contributed by atoms with Crippen molar-refractivity contribution in [1.82, 2.24) is 0 Å². The molecular formula is C16H26N2O. The van der Waals surface area contributed by atoms with Crippen molar-refractivity contribution in [1.29, 1.82) is 0 Å². The highest BCUT2D eigenvalue weighted by molar-refractivity contribution is 5.63. The number of ether oxygens (including phenoxy) is 1. The molecule has 1 saturated carbocycles. The average Bonchev–Trinajstić information content (AvgIpc) is 2.39. The van der Waals surface area contributed by atoms with Crippen LogP contribution in [0.4, 0.5) is 5.69 Å². The lowest BCUT2D eigenvalue weighted by Crippen LogP contribution is -2.29. The molecule has 0 aromatic heterocycles. The predicted octanol–water partition coefficient (Wildman–Crippen LogP) is 3.24. The first kappa shape index (κ1) is 14.2. The number of hydrogen-bond acceptors (Lipinski definition) is 3. The van der Waals surface area contributed by atoms with Crippen molar-refractivity contribution < 1.29 is 4.74 Å². The lowest BCUT2D eigenvalue weighted by molar-refractivity contribution is 0.338. The second-order valence-electron chi connectivity index (χ2n) is 5.82. The van der Waals surface area contributed by atoms with Gasteiger partial charge in [-0.15, -0.1) is 0 Å². The molecular weight excluding hydrogens is 236 g/mol. The molecule has 1 aromatic carbocycles. The number of aryl methyl sites for hydroxylation is 2. The Kier molecular flexibility index (Phi) is 4.70. The van der Waals surface area contributed by atoms with Crippen molar-refractivity contribution >= 4 is 5.69 Å². The van der Waals surface area contributed by atoms with Gasteiger partial charge in [0, 0.05) is 12.6 Å². The van der Waals surface area contributed by atoms with Crippen LogP contribution in [0.3, 0.4) is 0 Å². The topological polar surface area (TPSA) is 47.3 Å². The largest absolute Gasteiger partial charge is 0.495 e. The number of anilines is 1. The molecule has 3 nitrogen and oxygen atoms in total. The number of benzene rings is 1. The van der Waals surface area contributed by atoms with E-state index in [2.05, 4.69) is 31.3 Å². The zero-order valence-electron chi connectivity index (χ0n) is 12.3. The highest BCUT2D eigenvalue weighted by atomic mass is 16.5. The summed E-state index contributed by atoms with van der Waals surface area (Å²) < 4.78 is 5.48. The van der Waals surface area contributed by atoms with E-state index in [-0.39, 0.29) is 0 Å². The van der Waals surface area contributed by atoms with Crippen LogP contribution in [-0.4, -0.2) is 19.7 Å². The summed E-state index contributed by atoms with van der Waals surface area (Å²) in [7, 11) is 1.74. The van der Waals surface area contributed by atoms with Gasteiger partial charge in [-0.1, -0.05) is 6.07 Å². The van der Waals surface area contributed by atoms with Gasteiger partial charge in [0.25, 0.3) is 0 Å². The highest BCUT2D eigenvalue weighted by Crippen LogP contribution is 2.31. The van der Waals surface area contributed by atoms with Crippen LogP contribution in [0, 0.1) is 19.8 Å². The van der Waals surface area contributed by atoms with Crippen molar-refractivity contribution in [2.45, 2.75) is 45.6 Å². The maximum Gasteiger partial charge on any atom is 0.142 e. The molecule has 3 heteroatoms. The fraction of sp³-hybridized carbons (Fsp3) is 0.625. The van der Waals surface area contributed by atoms with E-state index in [4.69, 9.17) is 10.5 Å². The van der Waals surface area contributed by atoms with Gasteiger partial charge >= 0.3 is 0 Å². The molecule has 1 fully saturated rings. The van der Waals surface area contributed by atoms with Crippen molar-refractivity contribution in [2.75, 3.05) is 19.0 Å². The van der Waals surface area contributed by atoms with E-state index in [1.807, 2.05) is 0 Å². The van der Waals surface area contributed by atoms with Crippen LogP contribution in [0.5, 0.6) is 5.75 Å². The minimum atomic E-state index is 0.423. The van der Waals surface area contributed by atoms with Gasteiger partial charge in [-0.05, 0) is 62.6 Å². The number of nitrogens with two attached hydrogens (primary N) is 1. The molecule has 0 spiro atoms. The third-order valence-corrected chi connectivity index (χ3v) is 4.12. The van der Waals surface area contributed by atoms with Gasteiger partial charge in [-0.25, -0.2) is 0 Å². The summed E-state index contributed by atoms with van der Waals surface area (Å²) in [5.41, 5.74) is 9.59. The van der Waals surface area contributed by atoms with Crippen LogP contribution < -0.4 is 15.8 Å². The number of rotatable bonds is 4. The van der Waals surface area contributed by atoms with Crippen LogP contribution in [0.25, 0.3) is 0 Å². The predicted molar refractivity (Wildman–Crippen MR) is 80.9 cm³/mol. The maximum absolute atomic E-state index is 5.95. The van der Waals surface area contributed by atoms with Gasteiger partial charge < -0.3 is 15.8 Å². The SMILES string of the molecule is COc1cc(C)cc(C)c1NCC1CCC(N)CC1. The average molecular weight is 262 g/mol. The van der Waals surface area contributed by atoms with Crippen LogP contribution in [0.2, 0.25) is 0 Å². The fourth-order valence-corrected chi connectivity index (χ4v) is 2.95. The van der Waals surface area contributed by atoms with Gasteiger partial charge in [0.1, 0.15) is 5.75 Å². The molecule has 0 saturated heterocycles. The van der Waals surface area contributed by atoms with Crippen molar-refractivity contribution in [3.8, 4) is 5.75 Å². The molecule has 19 heavy (non-hydrogen) atoms. The highest BCUT2D eigenvalue weighted by Gasteiger charge is 2.19. The molecule has 0 heterocycles. The van der Waals surface area contributed by atoms with E-state index >= 15 is 0 Å². The monoisotopic (exact) mass is 262 g/mol. The summed E-state index contributed by atoms with van der Waals surface area (Å²) in [6, 6.07) is 4.71. The standard InChI is InChI=1S/C16H26N2O/c1-11-8-12(2)16(15(9-11)19-3)18-10-13-4-6-14(17)7-5-13/h8-9,13-14,18H,4-7,10,17H2,1-3H3. The Hall–Kier alpha value is -1.22.